The third kappa shape index (κ3) is 4.64. The average Bonchev–Trinajstić information content (AvgIpc) is 2.83. The molecule has 0 bridgehead atoms. The second-order valence-electron chi connectivity index (χ2n) is 4.73. The first-order chi connectivity index (χ1) is 10.1. The van der Waals surface area contributed by atoms with Crippen LogP contribution in [0.4, 0.5) is 0 Å². The van der Waals surface area contributed by atoms with Crippen LogP contribution in [0.2, 0.25) is 0 Å². The molecule has 0 saturated carbocycles. The van der Waals surface area contributed by atoms with E-state index in [4.69, 9.17) is 9.84 Å². The van der Waals surface area contributed by atoms with Gasteiger partial charge in [0.15, 0.2) is 0 Å². The molecule has 1 aromatic rings. The van der Waals surface area contributed by atoms with Crippen LogP contribution in [0.3, 0.4) is 0 Å². The Morgan fingerprint density at radius 1 is 1.62 bits per heavy atom. The molecule has 1 aromatic carbocycles. The number of hydrogen-bond acceptors (Lipinski definition) is 4. The highest BCUT2D eigenvalue weighted by molar-refractivity contribution is 9.10. The Labute approximate surface area is 135 Å². The lowest BCUT2D eigenvalue weighted by Gasteiger charge is -2.12. The van der Waals surface area contributed by atoms with Gasteiger partial charge in [0.05, 0.1) is 0 Å². The lowest BCUT2D eigenvalue weighted by Crippen LogP contribution is -2.36. The quantitative estimate of drug-likeness (QED) is 0.538. The summed E-state index contributed by atoms with van der Waals surface area (Å²) in [5.74, 6) is 1.39. The molecule has 2 unspecified atom stereocenters. The van der Waals surface area contributed by atoms with Crippen molar-refractivity contribution < 1.29 is 19.4 Å². The van der Waals surface area contributed by atoms with Gasteiger partial charge in [0, 0.05) is 16.6 Å². The van der Waals surface area contributed by atoms with Crippen molar-refractivity contribution in [3.8, 4) is 5.75 Å². The molecule has 2 atom stereocenters. The summed E-state index contributed by atoms with van der Waals surface area (Å²) in [5.41, 5.74) is 1.20. The molecule has 1 amide bonds. The normalized spacial score (nSPS) is 17.7. The molecule has 0 aliphatic carbocycles. The highest BCUT2D eigenvalue weighted by Gasteiger charge is 2.23. The monoisotopic (exact) mass is 373 g/mol. The molecule has 1 aliphatic heterocycles. The van der Waals surface area contributed by atoms with Gasteiger partial charge in [0.1, 0.15) is 17.9 Å². The third-order valence-corrected chi connectivity index (χ3v) is 4.81. The summed E-state index contributed by atoms with van der Waals surface area (Å²) in [4.78, 5) is 21.2. The molecule has 5 nitrogen and oxygen atoms in total. The van der Waals surface area contributed by atoms with Gasteiger partial charge in [-0.05, 0) is 35.9 Å². The van der Waals surface area contributed by atoms with Crippen molar-refractivity contribution in [2.75, 3.05) is 11.5 Å². The molecule has 7 heteroatoms. The number of rotatable bonds is 8. The zero-order chi connectivity index (χ0) is 15.2. The summed E-state index contributed by atoms with van der Waals surface area (Å²) in [7, 11) is 0. The van der Waals surface area contributed by atoms with Crippen LogP contribution >= 0.6 is 27.7 Å². The topological polar surface area (TPSA) is 75.6 Å². The van der Waals surface area contributed by atoms with Gasteiger partial charge in [-0.2, -0.15) is 11.8 Å². The highest BCUT2D eigenvalue weighted by atomic mass is 79.9. The van der Waals surface area contributed by atoms with Crippen LogP contribution < -0.4 is 10.1 Å². The van der Waals surface area contributed by atoms with Crippen LogP contribution in [0.25, 0.3) is 0 Å². The van der Waals surface area contributed by atoms with Crippen molar-refractivity contribution in [2.45, 2.75) is 25.0 Å². The van der Waals surface area contributed by atoms with E-state index in [0.717, 1.165) is 22.4 Å². The van der Waals surface area contributed by atoms with Crippen molar-refractivity contribution in [3.05, 3.63) is 28.2 Å². The smallest absolute Gasteiger partial charge is 0.326 e. The summed E-state index contributed by atoms with van der Waals surface area (Å²) in [6.07, 6.45) is 1.83. The van der Waals surface area contributed by atoms with Crippen molar-refractivity contribution in [2.24, 2.45) is 0 Å². The Bertz CT molecular complexity index is 526. The molecule has 0 radical (unpaired) electrons. The Hall–Kier alpha value is -1.21. The lowest BCUT2D eigenvalue weighted by atomic mass is 10.1. The SMILES string of the molecule is O=CNC(CCSCC1Cc2cc(Br)ccc2O1)C(=O)O. The van der Waals surface area contributed by atoms with Gasteiger partial charge < -0.3 is 15.2 Å². The molecule has 1 heterocycles. The molecule has 1 aliphatic rings. The summed E-state index contributed by atoms with van der Waals surface area (Å²) in [6.45, 7) is 0. The number of thioether (sulfide) groups is 1. The van der Waals surface area contributed by atoms with Crippen LogP contribution in [0.1, 0.15) is 12.0 Å². The molecule has 114 valence electrons. The van der Waals surface area contributed by atoms with E-state index in [0.29, 0.717) is 18.6 Å². The molecular formula is C14H16BrNO4S. The fourth-order valence-corrected chi connectivity index (χ4v) is 3.58. The number of ether oxygens (including phenoxy) is 1. The van der Waals surface area contributed by atoms with Gasteiger partial charge in [-0.3, -0.25) is 4.79 Å². The predicted octanol–water partition coefficient (Wildman–Crippen LogP) is 2.08. The first-order valence-corrected chi connectivity index (χ1v) is 8.50. The standard InChI is InChI=1S/C14H16BrNO4S/c15-10-1-2-13-9(5-10)6-11(20-13)7-21-4-3-12(14(18)19)16-8-17/h1-2,5,8,11-12H,3-4,6-7H2,(H,16,17)(H,18,19). The fourth-order valence-electron chi connectivity index (χ4n) is 2.16. The van der Waals surface area contributed by atoms with E-state index in [1.807, 2.05) is 12.1 Å². The Kier molecular flexibility index (Phi) is 5.93. The van der Waals surface area contributed by atoms with E-state index >= 15 is 0 Å². The van der Waals surface area contributed by atoms with E-state index in [1.165, 1.54) is 5.56 Å². The van der Waals surface area contributed by atoms with E-state index in [-0.39, 0.29) is 6.10 Å². The van der Waals surface area contributed by atoms with Crippen LogP contribution in [-0.2, 0) is 16.0 Å². The average molecular weight is 374 g/mol. The zero-order valence-corrected chi connectivity index (χ0v) is 13.7. The summed E-state index contributed by atoms with van der Waals surface area (Å²) >= 11 is 5.08. The number of carboxylic acid groups (broad SMARTS) is 1. The van der Waals surface area contributed by atoms with Crippen molar-refractivity contribution in [3.63, 3.8) is 0 Å². The molecule has 2 rings (SSSR count). The Morgan fingerprint density at radius 3 is 3.14 bits per heavy atom. The van der Waals surface area contributed by atoms with Gasteiger partial charge in [0.2, 0.25) is 6.41 Å². The molecule has 2 N–H and O–H groups in total. The molecule has 21 heavy (non-hydrogen) atoms. The van der Waals surface area contributed by atoms with Gasteiger partial charge in [0.25, 0.3) is 0 Å². The Balaban J connectivity index is 1.71. The van der Waals surface area contributed by atoms with E-state index < -0.39 is 12.0 Å². The first kappa shape index (κ1) is 16.2. The third-order valence-electron chi connectivity index (χ3n) is 3.19. The Morgan fingerprint density at radius 2 is 2.43 bits per heavy atom. The number of halogens is 1. The molecule has 0 saturated heterocycles. The summed E-state index contributed by atoms with van der Waals surface area (Å²) < 4.78 is 6.88. The number of aliphatic carboxylic acids is 1. The largest absolute Gasteiger partial charge is 0.489 e. The number of hydrogen-bond donors (Lipinski definition) is 2. The minimum Gasteiger partial charge on any atom is -0.489 e. The van der Waals surface area contributed by atoms with Crippen LogP contribution in [0, 0.1) is 0 Å². The van der Waals surface area contributed by atoms with E-state index in [2.05, 4.69) is 27.3 Å². The summed E-state index contributed by atoms with van der Waals surface area (Å²) in [5, 5.41) is 11.2. The van der Waals surface area contributed by atoms with E-state index in [1.54, 1.807) is 11.8 Å². The number of fused-ring (bicyclic) bond motifs is 1. The number of carboxylic acids is 1. The fraction of sp³-hybridized carbons (Fsp3) is 0.429. The van der Waals surface area contributed by atoms with Crippen LogP contribution in [-0.4, -0.2) is 41.1 Å². The van der Waals surface area contributed by atoms with Gasteiger partial charge in [-0.1, -0.05) is 15.9 Å². The number of carbonyl (C=O) groups excluding carboxylic acids is 1. The lowest BCUT2D eigenvalue weighted by molar-refractivity contribution is -0.140. The second kappa shape index (κ2) is 7.70. The van der Waals surface area contributed by atoms with Gasteiger partial charge >= 0.3 is 5.97 Å². The maximum Gasteiger partial charge on any atom is 0.326 e. The van der Waals surface area contributed by atoms with E-state index in [9.17, 15) is 9.59 Å². The zero-order valence-electron chi connectivity index (χ0n) is 11.3. The minimum absolute atomic E-state index is 0.126. The number of nitrogens with one attached hydrogen (secondary N) is 1. The number of carbonyl (C=O) groups is 2. The van der Waals surface area contributed by atoms with Crippen LogP contribution in [0.5, 0.6) is 5.75 Å². The van der Waals surface area contributed by atoms with Gasteiger partial charge in [-0.25, -0.2) is 4.79 Å². The molecule has 0 aromatic heterocycles. The molecule has 0 spiro atoms. The maximum atomic E-state index is 10.9. The second-order valence-corrected chi connectivity index (χ2v) is 6.80. The first-order valence-electron chi connectivity index (χ1n) is 6.55. The maximum absolute atomic E-state index is 10.9. The van der Waals surface area contributed by atoms with Crippen molar-refractivity contribution in [1.29, 1.82) is 0 Å². The number of benzene rings is 1. The van der Waals surface area contributed by atoms with Gasteiger partial charge in [-0.15, -0.1) is 0 Å². The predicted molar refractivity (Wildman–Crippen MR) is 84.8 cm³/mol. The summed E-state index contributed by atoms with van der Waals surface area (Å²) in [6, 6.07) is 5.16. The molecule has 0 fully saturated rings. The van der Waals surface area contributed by atoms with Crippen molar-refractivity contribution >= 4 is 40.1 Å². The van der Waals surface area contributed by atoms with Crippen molar-refractivity contribution in [1.82, 2.24) is 5.32 Å². The minimum atomic E-state index is -1.00. The van der Waals surface area contributed by atoms with Crippen LogP contribution in [0.15, 0.2) is 22.7 Å². The highest BCUT2D eigenvalue weighted by Crippen LogP contribution is 2.32. The number of amides is 1. The molecular weight excluding hydrogens is 358 g/mol.